The molecule has 5 nitrogen and oxygen atoms in total. The van der Waals surface area contributed by atoms with Crippen molar-refractivity contribution in [3.8, 4) is 11.5 Å². The van der Waals surface area contributed by atoms with Crippen molar-refractivity contribution in [1.82, 2.24) is 0 Å². The van der Waals surface area contributed by atoms with Gasteiger partial charge in [0.25, 0.3) is 5.91 Å². The van der Waals surface area contributed by atoms with Crippen molar-refractivity contribution in [3.05, 3.63) is 53.1 Å². The number of amides is 1. The fourth-order valence-corrected chi connectivity index (χ4v) is 3.84. The molecule has 1 fully saturated rings. The fraction of sp³-hybridized carbons (Fsp3) is 0.409. The summed E-state index contributed by atoms with van der Waals surface area (Å²) < 4.78 is 10.9. The molecule has 144 valence electrons. The molecule has 0 spiro atoms. The van der Waals surface area contributed by atoms with E-state index in [9.17, 15) is 4.79 Å². The van der Waals surface area contributed by atoms with Crippen molar-refractivity contribution in [1.29, 1.82) is 0 Å². The van der Waals surface area contributed by atoms with Gasteiger partial charge in [0, 0.05) is 18.5 Å². The van der Waals surface area contributed by atoms with E-state index in [1.165, 1.54) is 16.0 Å². The maximum atomic E-state index is 12.6. The minimum atomic E-state index is 0.0435. The van der Waals surface area contributed by atoms with E-state index in [2.05, 4.69) is 19.2 Å². The zero-order valence-corrected chi connectivity index (χ0v) is 16.6. The number of hydrogen-bond donors (Lipinski definition) is 2. The summed E-state index contributed by atoms with van der Waals surface area (Å²) in [7, 11) is 3.36. The first-order valence-electron chi connectivity index (χ1n) is 9.45. The molecule has 0 aromatic heterocycles. The van der Waals surface area contributed by atoms with Gasteiger partial charge in [0.05, 0.1) is 26.3 Å². The normalized spacial score (nSPS) is 19.0. The second-order valence-electron chi connectivity index (χ2n) is 7.23. The molecular weight excluding hydrogens is 340 g/mol. The van der Waals surface area contributed by atoms with Gasteiger partial charge in [-0.15, -0.1) is 0 Å². The van der Waals surface area contributed by atoms with Gasteiger partial charge in [0.15, 0.2) is 6.54 Å². The van der Waals surface area contributed by atoms with Crippen molar-refractivity contribution < 1.29 is 19.2 Å². The van der Waals surface area contributed by atoms with Gasteiger partial charge in [0.2, 0.25) is 0 Å². The van der Waals surface area contributed by atoms with Crippen molar-refractivity contribution in [2.24, 2.45) is 0 Å². The zero-order valence-electron chi connectivity index (χ0n) is 16.6. The second kappa shape index (κ2) is 8.44. The van der Waals surface area contributed by atoms with Crippen LogP contribution in [-0.4, -0.2) is 33.2 Å². The van der Waals surface area contributed by atoms with Gasteiger partial charge in [-0.2, -0.15) is 0 Å². The third-order valence-electron chi connectivity index (χ3n) is 5.47. The minimum Gasteiger partial charge on any atom is -0.497 e. The Kier molecular flexibility index (Phi) is 6.01. The van der Waals surface area contributed by atoms with Crippen LogP contribution in [0.3, 0.4) is 0 Å². The van der Waals surface area contributed by atoms with Crippen molar-refractivity contribution in [2.45, 2.75) is 32.7 Å². The topological polar surface area (TPSA) is 52.0 Å². The minimum absolute atomic E-state index is 0.0435. The van der Waals surface area contributed by atoms with E-state index in [1.54, 1.807) is 14.2 Å². The lowest BCUT2D eigenvalue weighted by Crippen LogP contribution is -3.11. The summed E-state index contributed by atoms with van der Waals surface area (Å²) in [4.78, 5) is 13.9. The van der Waals surface area contributed by atoms with E-state index in [0.29, 0.717) is 6.54 Å². The maximum absolute atomic E-state index is 12.6. The van der Waals surface area contributed by atoms with E-state index in [1.807, 2.05) is 36.4 Å². The molecule has 2 N–H and O–H groups in total. The van der Waals surface area contributed by atoms with Gasteiger partial charge in [-0.1, -0.05) is 6.07 Å². The van der Waals surface area contributed by atoms with Crippen LogP contribution in [0.5, 0.6) is 11.5 Å². The van der Waals surface area contributed by atoms with Crippen LogP contribution in [0.4, 0.5) is 5.69 Å². The van der Waals surface area contributed by atoms with E-state index < -0.39 is 0 Å². The van der Waals surface area contributed by atoms with Gasteiger partial charge in [-0.25, -0.2) is 0 Å². The Morgan fingerprint density at radius 1 is 1.11 bits per heavy atom. The highest BCUT2D eigenvalue weighted by atomic mass is 16.5. The number of rotatable bonds is 6. The Bertz CT molecular complexity index is 819. The van der Waals surface area contributed by atoms with Crippen LogP contribution < -0.4 is 19.7 Å². The molecule has 5 heteroatoms. The standard InChI is InChI=1S/C22H28N2O3/c1-15-7-8-17(12-16(15)2)23-22(25)14-24-11-5-6-20(24)19-13-18(26-3)9-10-21(19)27-4/h7-10,12-13,20H,5-6,11,14H2,1-4H3,(H,23,25)/p+1/t20-/m0/s1. The average molecular weight is 369 g/mol. The molecule has 27 heavy (non-hydrogen) atoms. The number of likely N-dealkylation sites (tertiary alicyclic amines) is 1. The van der Waals surface area contributed by atoms with Gasteiger partial charge in [-0.3, -0.25) is 4.79 Å². The third kappa shape index (κ3) is 4.42. The van der Waals surface area contributed by atoms with E-state index in [4.69, 9.17) is 9.47 Å². The first kappa shape index (κ1) is 19.2. The molecule has 2 aromatic rings. The third-order valence-corrected chi connectivity index (χ3v) is 5.47. The molecule has 1 aliphatic rings. The van der Waals surface area contributed by atoms with Crippen LogP contribution in [-0.2, 0) is 4.79 Å². The summed E-state index contributed by atoms with van der Waals surface area (Å²) in [5.74, 6) is 1.72. The maximum Gasteiger partial charge on any atom is 0.279 e. The lowest BCUT2D eigenvalue weighted by atomic mass is 10.0. The van der Waals surface area contributed by atoms with Crippen LogP contribution in [0.2, 0.25) is 0 Å². The summed E-state index contributed by atoms with van der Waals surface area (Å²) in [6.07, 6.45) is 2.13. The second-order valence-corrected chi connectivity index (χ2v) is 7.23. The number of anilines is 1. The Morgan fingerprint density at radius 3 is 2.63 bits per heavy atom. The molecule has 0 radical (unpaired) electrons. The van der Waals surface area contributed by atoms with Crippen molar-refractivity contribution in [2.75, 3.05) is 32.6 Å². The Morgan fingerprint density at radius 2 is 1.93 bits per heavy atom. The molecule has 3 rings (SSSR count). The molecule has 1 unspecified atom stereocenters. The summed E-state index contributed by atoms with van der Waals surface area (Å²) in [5.41, 5.74) is 4.38. The van der Waals surface area contributed by atoms with E-state index in [-0.39, 0.29) is 11.9 Å². The highest BCUT2D eigenvalue weighted by molar-refractivity contribution is 5.91. The molecule has 2 atom stereocenters. The summed E-state index contributed by atoms with van der Waals surface area (Å²) in [6.45, 7) is 5.55. The largest absolute Gasteiger partial charge is 0.497 e. The first-order valence-corrected chi connectivity index (χ1v) is 9.45. The summed E-state index contributed by atoms with van der Waals surface area (Å²) in [5, 5.41) is 3.04. The smallest absolute Gasteiger partial charge is 0.279 e. The molecule has 1 amide bonds. The number of aryl methyl sites for hydroxylation is 2. The average Bonchev–Trinajstić information content (AvgIpc) is 3.11. The lowest BCUT2D eigenvalue weighted by molar-refractivity contribution is -0.910. The summed E-state index contributed by atoms with van der Waals surface area (Å²) >= 11 is 0. The highest BCUT2D eigenvalue weighted by Gasteiger charge is 2.34. The van der Waals surface area contributed by atoms with E-state index >= 15 is 0 Å². The van der Waals surface area contributed by atoms with Crippen LogP contribution >= 0.6 is 0 Å². The molecular formula is C22H29N2O3+. The highest BCUT2D eigenvalue weighted by Crippen LogP contribution is 2.31. The molecule has 1 heterocycles. The van der Waals surface area contributed by atoms with Crippen LogP contribution in [0, 0.1) is 13.8 Å². The number of hydrogen-bond acceptors (Lipinski definition) is 3. The number of carbonyl (C=O) groups excluding carboxylic acids is 1. The summed E-state index contributed by atoms with van der Waals surface area (Å²) in [6, 6.07) is 12.1. The van der Waals surface area contributed by atoms with Crippen LogP contribution in [0.15, 0.2) is 36.4 Å². The molecule has 1 aliphatic heterocycles. The van der Waals surface area contributed by atoms with Crippen molar-refractivity contribution in [3.63, 3.8) is 0 Å². The SMILES string of the molecule is COc1ccc(OC)c([C@@H]2CCC[NH+]2CC(=O)Nc2ccc(C)c(C)c2)c1. The molecule has 0 bridgehead atoms. The number of ether oxygens (including phenoxy) is 2. The quantitative estimate of drug-likeness (QED) is 0.823. The van der Waals surface area contributed by atoms with Gasteiger partial charge < -0.3 is 19.7 Å². The predicted octanol–water partition coefficient (Wildman–Crippen LogP) is 2.68. The number of carbonyl (C=O) groups is 1. The molecule has 0 aliphatic carbocycles. The van der Waals surface area contributed by atoms with Crippen LogP contribution in [0.25, 0.3) is 0 Å². The number of methoxy groups -OCH3 is 2. The first-order chi connectivity index (χ1) is 13.0. The van der Waals surface area contributed by atoms with Gasteiger partial charge in [-0.05, 0) is 55.3 Å². The Hall–Kier alpha value is -2.53. The van der Waals surface area contributed by atoms with Crippen molar-refractivity contribution >= 4 is 11.6 Å². The van der Waals surface area contributed by atoms with E-state index in [0.717, 1.165) is 42.1 Å². The van der Waals surface area contributed by atoms with Crippen LogP contribution in [0.1, 0.15) is 35.6 Å². The molecule has 1 saturated heterocycles. The predicted molar refractivity (Wildman–Crippen MR) is 107 cm³/mol. The Labute approximate surface area is 161 Å². The lowest BCUT2D eigenvalue weighted by Gasteiger charge is -2.23. The monoisotopic (exact) mass is 369 g/mol. The molecule has 2 aromatic carbocycles. The number of benzene rings is 2. The fourth-order valence-electron chi connectivity index (χ4n) is 3.84. The molecule has 0 saturated carbocycles. The van der Waals surface area contributed by atoms with Gasteiger partial charge in [0.1, 0.15) is 17.5 Å². The zero-order chi connectivity index (χ0) is 19.4. The number of quaternary nitrogens is 1. The van der Waals surface area contributed by atoms with Gasteiger partial charge >= 0.3 is 0 Å². The number of nitrogens with one attached hydrogen (secondary N) is 2. The Balaban J connectivity index is 1.73.